The van der Waals surface area contributed by atoms with Crippen molar-refractivity contribution in [3.05, 3.63) is 22.2 Å². The molecule has 7 heteroatoms. The van der Waals surface area contributed by atoms with Crippen LogP contribution in [-0.2, 0) is 11.3 Å². The van der Waals surface area contributed by atoms with Gasteiger partial charge in [-0.25, -0.2) is 0 Å². The van der Waals surface area contributed by atoms with Crippen LogP contribution in [0, 0.1) is 0 Å². The van der Waals surface area contributed by atoms with Crippen LogP contribution < -0.4 is 20.5 Å². The maximum Gasteiger partial charge on any atom is 0.255 e. The molecule has 0 unspecified atom stereocenters. The van der Waals surface area contributed by atoms with E-state index in [2.05, 4.69) is 40.2 Å². The van der Waals surface area contributed by atoms with E-state index >= 15 is 0 Å². The number of nitrogens with one attached hydrogen (secondary N) is 1. The Balaban J connectivity index is 2.68. The van der Waals surface area contributed by atoms with Crippen LogP contribution in [-0.4, -0.2) is 51.2 Å². The van der Waals surface area contributed by atoms with Gasteiger partial charge in [-0.2, -0.15) is 0 Å². The molecule has 0 saturated carbocycles. The zero-order valence-electron chi connectivity index (χ0n) is 14.0. The number of benzene rings is 1. The molecule has 0 atom stereocenters. The molecule has 1 amide bonds. The molecule has 0 heterocycles. The molecule has 0 bridgehead atoms. The van der Waals surface area contributed by atoms with Crippen molar-refractivity contribution in [1.29, 1.82) is 0 Å². The van der Waals surface area contributed by atoms with E-state index in [-0.39, 0.29) is 6.61 Å². The summed E-state index contributed by atoms with van der Waals surface area (Å²) >= 11 is 3.47. The Morgan fingerprint density at radius 2 is 2.09 bits per heavy atom. The number of nitrogens with zero attached hydrogens (tertiary/aromatic N) is 1. The quantitative estimate of drug-likeness (QED) is 0.565. The summed E-state index contributed by atoms with van der Waals surface area (Å²) in [7, 11) is 4.13. The summed E-state index contributed by atoms with van der Waals surface area (Å²) in [6, 6.07) is 3.88. The van der Waals surface area contributed by atoms with Crippen molar-refractivity contribution < 1.29 is 14.3 Å². The highest BCUT2D eigenvalue weighted by molar-refractivity contribution is 9.10. The average Bonchev–Trinajstić information content (AvgIpc) is 2.45. The van der Waals surface area contributed by atoms with Crippen molar-refractivity contribution in [2.45, 2.75) is 19.9 Å². The third-order valence-corrected chi connectivity index (χ3v) is 3.60. The van der Waals surface area contributed by atoms with E-state index in [0.29, 0.717) is 18.1 Å². The number of halogens is 1. The van der Waals surface area contributed by atoms with Crippen LogP contribution in [0.1, 0.15) is 18.9 Å². The first-order valence-corrected chi connectivity index (χ1v) is 8.45. The van der Waals surface area contributed by atoms with Gasteiger partial charge in [-0.05, 0) is 74.2 Å². The lowest BCUT2D eigenvalue weighted by atomic mass is 10.2. The normalized spacial score (nSPS) is 10.8. The number of carbonyl (C=O) groups excluding carboxylic acids is 1. The first-order chi connectivity index (χ1) is 10.9. The van der Waals surface area contributed by atoms with Gasteiger partial charge < -0.3 is 25.4 Å². The molecule has 0 aliphatic heterocycles. The average molecular weight is 388 g/mol. The van der Waals surface area contributed by atoms with Gasteiger partial charge in [-0.3, -0.25) is 4.79 Å². The van der Waals surface area contributed by atoms with Crippen molar-refractivity contribution in [2.75, 3.05) is 40.4 Å². The van der Waals surface area contributed by atoms with Gasteiger partial charge in [0.2, 0.25) is 0 Å². The first-order valence-electron chi connectivity index (χ1n) is 7.65. The number of rotatable bonds is 11. The molecule has 1 aromatic rings. The summed E-state index contributed by atoms with van der Waals surface area (Å²) in [5.41, 5.74) is 6.21. The van der Waals surface area contributed by atoms with Crippen molar-refractivity contribution in [1.82, 2.24) is 10.2 Å². The SMILES string of the molecule is CCOc1cc(CNCCCN(C)C)cc(Br)c1OCC(N)=O. The molecule has 0 radical (unpaired) electrons. The molecule has 0 spiro atoms. The maximum absolute atomic E-state index is 10.9. The van der Waals surface area contributed by atoms with Gasteiger partial charge in [-0.1, -0.05) is 0 Å². The summed E-state index contributed by atoms with van der Waals surface area (Å²) in [5.74, 6) is 0.584. The maximum atomic E-state index is 10.9. The fraction of sp³-hybridized carbons (Fsp3) is 0.562. The lowest BCUT2D eigenvalue weighted by molar-refractivity contribution is -0.119. The summed E-state index contributed by atoms with van der Waals surface area (Å²) in [4.78, 5) is 13.1. The molecule has 130 valence electrons. The van der Waals surface area contributed by atoms with Crippen molar-refractivity contribution in [3.63, 3.8) is 0 Å². The second kappa shape index (κ2) is 10.5. The van der Waals surface area contributed by atoms with Crippen molar-refractivity contribution in [2.24, 2.45) is 5.73 Å². The Labute approximate surface area is 146 Å². The zero-order valence-corrected chi connectivity index (χ0v) is 15.6. The fourth-order valence-electron chi connectivity index (χ4n) is 2.02. The molecule has 1 rings (SSSR count). The topological polar surface area (TPSA) is 76.8 Å². The van der Waals surface area contributed by atoms with E-state index in [4.69, 9.17) is 15.2 Å². The summed E-state index contributed by atoms with van der Waals surface area (Å²) in [5, 5.41) is 3.41. The van der Waals surface area contributed by atoms with Crippen LogP contribution in [0.15, 0.2) is 16.6 Å². The molecule has 6 nitrogen and oxygen atoms in total. The van der Waals surface area contributed by atoms with Crippen LogP contribution in [0.2, 0.25) is 0 Å². The number of carbonyl (C=O) groups is 1. The Morgan fingerprint density at radius 3 is 2.70 bits per heavy atom. The van der Waals surface area contributed by atoms with Crippen LogP contribution >= 0.6 is 15.9 Å². The molecule has 0 aliphatic carbocycles. The van der Waals surface area contributed by atoms with Crippen LogP contribution in [0.3, 0.4) is 0 Å². The Bertz CT molecular complexity index is 510. The number of primary amides is 1. The Hall–Kier alpha value is -1.31. The summed E-state index contributed by atoms with van der Waals surface area (Å²) < 4.78 is 11.8. The zero-order chi connectivity index (χ0) is 17.2. The molecular weight excluding hydrogens is 362 g/mol. The van der Waals surface area contributed by atoms with Crippen molar-refractivity contribution >= 4 is 21.8 Å². The first kappa shape index (κ1) is 19.7. The molecule has 1 aromatic carbocycles. The summed E-state index contributed by atoms with van der Waals surface area (Å²) in [6.07, 6.45) is 1.09. The van der Waals surface area contributed by atoms with Gasteiger partial charge in [0, 0.05) is 6.54 Å². The lowest BCUT2D eigenvalue weighted by Gasteiger charge is -2.15. The number of nitrogens with two attached hydrogens (primary N) is 1. The van der Waals surface area contributed by atoms with Crippen LogP contribution in [0.4, 0.5) is 0 Å². The molecule has 3 N–H and O–H groups in total. The van der Waals surface area contributed by atoms with Crippen LogP contribution in [0.25, 0.3) is 0 Å². The minimum atomic E-state index is -0.522. The largest absolute Gasteiger partial charge is 0.490 e. The third kappa shape index (κ3) is 7.67. The molecule has 23 heavy (non-hydrogen) atoms. The van der Waals surface area contributed by atoms with Crippen LogP contribution in [0.5, 0.6) is 11.5 Å². The predicted octanol–water partition coefficient (Wildman–Crippen LogP) is 1.75. The lowest BCUT2D eigenvalue weighted by Crippen LogP contribution is -2.21. The third-order valence-electron chi connectivity index (χ3n) is 3.02. The van der Waals surface area contributed by atoms with E-state index in [1.807, 2.05) is 19.1 Å². The Morgan fingerprint density at radius 1 is 1.35 bits per heavy atom. The predicted molar refractivity (Wildman–Crippen MR) is 94.9 cm³/mol. The smallest absolute Gasteiger partial charge is 0.255 e. The van der Waals surface area contributed by atoms with Gasteiger partial charge in [0.25, 0.3) is 5.91 Å². The molecule has 0 fully saturated rings. The monoisotopic (exact) mass is 387 g/mol. The van der Waals surface area contributed by atoms with Crippen molar-refractivity contribution in [3.8, 4) is 11.5 Å². The number of ether oxygens (including phenoxy) is 2. The van der Waals surface area contributed by atoms with E-state index in [9.17, 15) is 4.79 Å². The van der Waals surface area contributed by atoms with E-state index in [1.54, 1.807) is 0 Å². The molecule has 0 aromatic heterocycles. The fourth-order valence-corrected chi connectivity index (χ4v) is 2.63. The minimum absolute atomic E-state index is 0.180. The number of hydrogen-bond acceptors (Lipinski definition) is 5. The second-order valence-electron chi connectivity index (χ2n) is 5.43. The van der Waals surface area contributed by atoms with E-state index in [1.165, 1.54) is 0 Å². The summed E-state index contributed by atoms with van der Waals surface area (Å²) in [6.45, 7) is 4.97. The minimum Gasteiger partial charge on any atom is -0.490 e. The number of hydrogen-bond donors (Lipinski definition) is 2. The molecule has 0 saturated heterocycles. The van der Waals surface area contributed by atoms with Gasteiger partial charge in [-0.15, -0.1) is 0 Å². The number of amides is 1. The van der Waals surface area contributed by atoms with Gasteiger partial charge in [0.05, 0.1) is 11.1 Å². The second-order valence-corrected chi connectivity index (χ2v) is 6.28. The van der Waals surface area contributed by atoms with Gasteiger partial charge in [0.15, 0.2) is 18.1 Å². The van der Waals surface area contributed by atoms with Gasteiger partial charge >= 0.3 is 0 Å². The highest BCUT2D eigenvalue weighted by Gasteiger charge is 2.13. The van der Waals surface area contributed by atoms with E-state index in [0.717, 1.165) is 36.1 Å². The molecular formula is C16H26BrN3O3. The Kier molecular flexibility index (Phi) is 8.98. The van der Waals surface area contributed by atoms with E-state index < -0.39 is 5.91 Å². The molecule has 0 aliphatic rings. The highest BCUT2D eigenvalue weighted by Crippen LogP contribution is 2.36. The standard InChI is InChI=1S/C16H26BrN3O3/c1-4-22-14-9-12(10-19-6-5-7-20(2)3)8-13(17)16(14)23-11-15(18)21/h8-9,19H,4-7,10-11H2,1-3H3,(H2,18,21). The highest BCUT2D eigenvalue weighted by atomic mass is 79.9. The van der Waals surface area contributed by atoms with Gasteiger partial charge in [0.1, 0.15) is 0 Å².